The first-order valence-electron chi connectivity index (χ1n) is 12.2. The topological polar surface area (TPSA) is 72.8 Å². The van der Waals surface area contributed by atoms with Crippen LogP contribution in [0.5, 0.6) is 11.5 Å². The molecule has 190 valence electrons. The average molecular weight is 507 g/mol. The Morgan fingerprint density at radius 3 is 2.53 bits per heavy atom. The molecule has 6 nitrogen and oxygen atoms in total. The molecule has 0 unspecified atom stereocenters. The van der Waals surface area contributed by atoms with E-state index in [1.54, 1.807) is 32.3 Å². The van der Waals surface area contributed by atoms with Crippen LogP contribution in [0.4, 0.5) is 0 Å². The third kappa shape index (κ3) is 6.60. The van der Waals surface area contributed by atoms with Crippen molar-refractivity contribution in [3.63, 3.8) is 0 Å². The highest BCUT2D eigenvalue weighted by Gasteiger charge is 2.25. The molecule has 3 aromatic carbocycles. The summed E-state index contributed by atoms with van der Waals surface area (Å²) in [6.07, 6.45) is 1.65. The lowest BCUT2D eigenvalue weighted by Gasteiger charge is -2.33. The van der Waals surface area contributed by atoms with Crippen molar-refractivity contribution in [3.05, 3.63) is 87.6 Å². The maximum atomic E-state index is 13.3. The molecule has 7 heteroatoms. The molecule has 4 rings (SSSR count). The zero-order chi connectivity index (χ0) is 25.9. The molecule has 0 saturated carbocycles. The highest BCUT2D eigenvalue weighted by molar-refractivity contribution is 7.99. The first-order valence-corrected chi connectivity index (χ1v) is 13.1. The van der Waals surface area contributed by atoms with Crippen LogP contribution in [0.15, 0.2) is 64.4 Å². The van der Waals surface area contributed by atoms with Gasteiger partial charge in [0.2, 0.25) is 0 Å². The average Bonchev–Trinajstić information content (AvgIpc) is 3.25. The molecule has 36 heavy (non-hydrogen) atoms. The largest absolute Gasteiger partial charge is 0.633 e. The van der Waals surface area contributed by atoms with Crippen LogP contribution in [-0.2, 0) is 13.1 Å². The molecule has 0 atom stereocenters. The minimum absolute atomic E-state index is 0.0612. The molecule has 0 fully saturated rings. The van der Waals surface area contributed by atoms with Crippen LogP contribution in [0.2, 0.25) is 0 Å². The summed E-state index contributed by atoms with van der Waals surface area (Å²) in [4.78, 5) is 16.8. The number of unbranched alkanes of at least 4 members (excludes halogenated alkanes) is 1. The molecule has 3 aromatic rings. The molecule has 0 aliphatic carbocycles. The molecule has 1 heterocycles. The maximum Gasteiger partial charge on any atom is 0.254 e. The quantitative estimate of drug-likeness (QED) is 0.217. The van der Waals surface area contributed by atoms with Crippen molar-refractivity contribution in [1.29, 1.82) is 0 Å². The van der Waals surface area contributed by atoms with Crippen LogP contribution in [0.1, 0.15) is 45.5 Å². The first-order chi connectivity index (χ1) is 17.1. The Morgan fingerprint density at radius 1 is 1.00 bits per heavy atom. The number of hydrogen-bond acceptors (Lipinski definition) is 5. The second-order valence-corrected chi connectivity index (χ2v) is 11.1. The predicted molar refractivity (Wildman–Crippen MR) is 143 cm³/mol. The van der Waals surface area contributed by atoms with Crippen LogP contribution in [0, 0.1) is 19.1 Å². The van der Waals surface area contributed by atoms with Gasteiger partial charge in [0.25, 0.3) is 5.91 Å². The molecular formula is C29H34N2O4S. The number of fused-ring (bicyclic) bond motifs is 1. The summed E-state index contributed by atoms with van der Waals surface area (Å²) in [6.45, 7) is 6.35. The van der Waals surface area contributed by atoms with Gasteiger partial charge in [0.1, 0.15) is 11.5 Å². The van der Waals surface area contributed by atoms with Crippen LogP contribution in [-0.4, -0.2) is 47.8 Å². The molecule has 0 radical (unpaired) electrons. The normalized spacial score (nSPS) is 13.1. The summed E-state index contributed by atoms with van der Waals surface area (Å²) in [6, 6.07) is 17.2. The van der Waals surface area contributed by atoms with Gasteiger partial charge in [0, 0.05) is 30.0 Å². The molecule has 0 spiro atoms. The Hall–Kier alpha value is -3.00. The van der Waals surface area contributed by atoms with E-state index in [-0.39, 0.29) is 16.3 Å². The summed E-state index contributed by atoms with van der Waals surface area (Å²) in [7, 11) is 3.30. The Balaban J connectivity index is 1.38. The van der Waals surface area contributed by atoms with Gasteiger partial charge in [-0.1, -0.05) is 23.9 Å². The van der Waals surface area contributed by atoms with Crippen molar-refractivity contribution < 1.29 is 19.3 Å². The van der Waals surface area contributed by atoms with E-state index < -0.39 is 0 Å². The van der Waals surface area contributed by atoms with E-state index in [0.29, 0.717) is 36.7 Å². The Bertz CT molecular complexity index is 1250. The molecule has 1 aliphatic rings. The molecule has 1 amide bonds. The van der Waals surface area contributed by atoms with Gasteiger partial charge in [-0.3, -0.25) is 4.79 Å². The lowest BCUT2D eigenvalue weighted by molar-refractivity contribution is -0.840. The maximum absolute atomic E-state index is 13.3. The van der Waals surface area contributed by atoms with Gasteiger partial charge in [0.15, 0.2) is 0 Å². The fourth-order valence-electron chi connectivity index (χ4n) is 4.20. The number of aryl methyl sites for hydroxylation is 2. The summed E-state index contributed by atoms with van der Waals surface area (Å²) in [5, 5.41) is 22.1. The smallest absolute Gasteiger partial charge is 0.254 e. The molecule has 1 aliphatic heterocycles. The van der Waals surface area contributed by atoms with Gasteiger partial charge in [0.05, 0.1) is 32.1 Å². The van der Waals surface area contributed by atoms with E-state index >= 15 is 0 Å². The minimum atomic E-state index is -0.282. The lowest BCUT2D eigenvalue weighted by Crippen LogP contribution is -2.33. The number of quaternary nitrogens is 1. The molecule has 0 saturated heterocycles. The van der Waals surface area contributed by atoms with E-state index in [1.807, 2.05) is 29.2 Å². The highest BCUT2D eigenvalue weighted by atomic mass is 32.2. The second kappa shape index (κ2) is 10.9. The van der Waals surface area contributed by atoms with E-state index in [2.05, 4.69) is 26.0 Å². The third-order valence-corrected chi connectivity index (χ3v) is 7.50. The van der Waals surface area contributed by atoms with Crippen LogP contribution in [0.25, 0.3) is 0 Å². The van der Waals surface area contributed by atoms with Crippen molar-refractivity contribution in [1.82, 2.24) is 4.90 Å². The second-order valence-electron chi connectivity index (χ2n) is 9.98. The van der Waals surface area contributed by atoms with Crippen LogP contribution >= 0.6 is 11.8 Å². The summed E-state index contributed by atoms with van der Waals surface area (Å²) in [5.41, 5.74) is 5.17. The van der Waals surface area contributed by atoms with Crippen molar-refractivity contribution in [3.8, 4) is 11.5 Å². The Labute approximate surface area is 217 Å². The van der Waals surface area contributed by atoms with Gasteiger partial charge >= 0.3 is 0 Å². The van der Waals surface area contributed by atoms with Gasteiger partial charge in [-0.2, -0.15) is 0 Å². The van der Waals surface area contributed by atoms with Crippen molar-refractivity contribution in [2.75, 3.05) is 27.2 Å². The van der Waals surface area contributed by atoms with Crippen LogP contribution < -0.4 is 4.74 Å². The predicted octanol–water partition coefficient (Wildman–Crippen LogP) is 6.05. The standard InChI is InChI=1S/C29H34N2O4S/c1-20-7-11-26(15-21(20)2)36-28-17-22(9-12-27(28)32)29(33)30-18-23-8-10-25(16-24(23)19-30)35-14-6-5-13-31(3,4)34/h7-12,15-17,32H,5-6,13-14,18-19H2,1-4H3. The monoisotopic (exact) mass is 506 g/mol. The number of carbonyl (C=O) groups excluding carboxylic acids is 1. The number of carbonyl (C=O) groups is 1. The number of ether oxygens (including phenoxy) is 1. The number of phenols is 1. The summed E-state index contributed by atoms with van der Waals surface area (Å²) in [5.74, 6) is 0.892. The number of nitrogens with zero attached hydrogens (tertiary/aromatic N) is 2. The van der Waals surface area contributed by atoms with Gasteiger partial charge in [-0.25, -0.2) is 0 Å². The Kier molecular flexibility index (Phi) is 7.93. The summed E-state index contributed by atoms with van der Waals surface area (Å²) >= 11 is 1.46. The van der Waals surface area contributed by atoms with E-state index in [0.717, 1.165) is 34.6 Å². The van der Waals surface area contributed by atoms with Crippen molar-refractivity contribution >= 4 is 17.7 Å². The van der Waals surface area contributed by atoms with E-state index in [4.69, 9.17) is 4.74 Å². The van der Waals surface area contributed by atoms with Gasteiger partial charge in [-0.15, -0.1) is 0 Å². The van der Waals surface area contributed by atoms with Crippen molar-refractivity contribution in [2.45, 2.75) is 49.6 Å². The first kappa shape index (κ1) is 26.1. The number of amides is 1. The number of hydroxylamine groups is 3. The van der Waals surface area contributed by atoms with E-state index in [9.17, 15) is 15.1 Å². The van der Waals surface area contributed by atoms with Gasteiger partial charge < -0.3 is 24.6 Å². The van der Waals surface area contributed by atoms with Crippen molar-refractivity contribution in [2.24, 2.45) is 0 Å². The zero-order valence-electron chi connectivity index (χ0n) is 21.4. The molecule has 1 N–H and O–H groups in total. The SMILES string of the molecule is Cc1ccc(Sc2cc(C(=O)N3Cc4ccc(OCCCC[N+](C)(C)[O-])cc4C3)ccc2O)cc1C. The number of hydrogen-bond donors (Lipinski definition) is 1. The molecule has 0 aromatic heterocycles. The van der Waals surface area contributed by atoms with Gasteiger partial charge in [-0.05, 0) is 85.0 Å². The summed E-state index contributed by atoms with van der Waals surface area (Å²) < 4.78 is 5.60. The zero-order valence-corrected chi connectivity index (χ0v) is 22.2. The third-order valence-electron chi connectivity index (χ3n) is 6.46. The number of benzene rings is 3. The fraction of sp³-hybridized carbons (Fsp3) is 0.345. The molecular weight excluding hydrogens is 472 g/mol. The van der Waals surface area contributed by atoms with E-state index in [1.165, 1.54) is 22.9 Å². The Morgan fingerprint density at radius 2 is 1.78 bits per heavy atom. The van der Waals surface area contributed by atoms with Crippen LogP contribution in [0.3, 0.4) is 0 Å². The number of rotatable bonds is 9. The number of phenolic OH excluding ortho intramolecular Hbond substituents is 1. The molecule has 0 bridgehead atoms. The fourth-order valence-corrected chi connectivity index (χ4v) is 5.19. The lowest BCUT2D eigenvalue weighted by atomic mass is 10.1. The number of aromatic hydroxyl groups is 1. The highest BCUT2D eigenvalue weighted by Crippen LogP contribution is 2.36. The minimum Gasteiger partial charge on any atom is -0.633 e.